The van der Waals surface area contributed by atoms with E-state index in [1.807, 2.05) is 24.3 Å². The van der Waals surface area contributed by atoms with Crippen molar-refractivity contribution in [2.45, 2.75) is 19.8 Å². The molecule has 0 saturated heterocycles. The maximum Gasteiger partial charge on any atom is 0.224 e. The van der Waals surface area contributed by atoms with Crippen LogP contribution in [0.15, 0.2) is 30.5 Å². The number of nitrogens with one attached hydrogen (secondary N) is 2. The molecule has 0 aliphatic carbocycles. The van der Waals surface area contributed by atoms with E-state index < -0.39 is 0 Å². The van der Waals surface area contributed by atoms with Crippen molar-refractivity contribution >= 4 is 17.5 Å². The first kappa shape index (κ1) is 15.9. The summed E-state index contributed by atoms with van der Waals surface area (Å²) in [6.45, 7) is 3.02. The largest absolute Gasteiger partial charge is 0.497 e. The van der Waals surface area contributed by atoms with Gasteiger partial charge < -0.3 is 20.1 Å². The second-order valence-electron chi connectivity index (χ2n) is 4.74. The van der Waals surface area contributed by atoms with Gasteiger partial charge in [-0.1, -0.05) is 13.3 Å². The minimum Gasteiger partial charge on any atom is -0.497 e. The van der Waals surface area contributed by atoms with Gasteiger partial charge in [-0.05, 0) is 24.6 Å². The van der Waals surface area contributed by atoms with Crippen LogP contribution in [0.3, 0.4) is 0 Å². The number of methoxy groups -OCH3 is 2. The Morgan fingerprint density at radius 3 is 2.73 bits per heavy atom. The molecule has 0 atom stereocenters. The number of hydrogen-bond acceptors (Lipinski definition) is 6. The molecule has 2 N–H and O–H groups in total. The van der Waals surface area contributed by atoms with Crippen LogP contribution >= 0.6 is 0 Å². The molecule has 0 bridgehead atoms. The normalized spacial score (nSPS) is 10.1. The fourth-order valence-corrected chi connectivity index (χ4v) is 1.93. The number of nitrogens with zero attached hydrogens (tertiary/aromatic N) is 2. The third-order valence-corrected chi connectivity index (χ3v) is 3.14. The molecule has 0 amide bonds. The molecule has 118 valence electrons. The topological polar surface area (TPSA) is 68.3 Å². The molecule has 2 rings (SSSR count). The van der Waals surface area contributed by atoms with Crippen molar-refractivity contribution in [1.82, 2.24) is 9.97 Å². The minimum absolute atomic E-state index is 0.617. The lowest BCUT2D eigenvalue weighted by Crippen LogP contribution is -2.06. The van der Waals surface area contributed by atoms with E-state index in [4.69, 9.17) is 9.47 Å². The van der Waals surface area contributed by atoms with E-state index in [0.717, 1.165) is 30.8 Å². The van der Waals surface area contributed by atoms with E-state index in [9.17, 15) is 0 Å². The molecule has 0 aliphatic heterocycles. The second-order valence-corrected chi connectivity index (χ2v) is 4.74. The third-order valence-electron chi connectivity index (χ3n) is 3.14. The number of aromatic nitrogens is 2. The molecule has 1 aromatic heterocycles. The Kier molecular flexibility index (Phi) is 5.82. The van der Waals surface area contributed by atoms with Crippen molar-refractivity contribution in [3.05, 3.63) is 30.5 Å². The van der Waals surface area contributed by atoms with Gasteiger partial charge in [0.15, 0.2) is 0 Å². The Morgan fingerprint density at radius 1 is 1.14 bits per heavy atom. The summed E-state index contributed by atoms with van der Waals surface area (Å²) in [7, 11) is 3.25. The van der Waals surface area contributed by atoms with E-state index in [1.54, 1.807) is 20.4 Å². The smallest absolute Gasteiger partial charge is 0.224 e. The summed E-state index contributed by atoms with van der Waals surface area (Å²) in [5, 5.41) is 6.44. The Labute approximate surface area is 130 Å². The number of ether oxygens (including phenoxy) is 2. The number of rotatable bonds is 8. The van der Waals surface area contributed by atoms with Crippen LogP contribution in [0.1, 0.15) is 19.8 Å². The Balaban J connectivity index is 2.11. The minimum atomic E-state index is 0.617. The van der Waals surface area contributed by atoms with E-state index >= 15 is 0 Å². The summed E-state index contributed by atoms with van der Waals surface area (Å²) in [4.78, 5) is 8.65. The van der Waals surface area contributed by atoms with Crippen LogP contribution in [0.4, 0.5) is 17.5 Å². The summed E-state index contributed by atoms with van der Waals surface area (Å²) >= 11 is 0. The van der Waals surface area contributed by atoms with Gasteiger partial charge in [-0.3, -0.25) is 0 Å². The van der Waals surface area contributed by atoms with Crippen LogP contribution in [0.25, 0.3) is 0 Å². The lowest BCUT2D eigenvalue weighted by Gasteiger charge is -2.12. The number of hydrogen-bond donors (Lipinski definition) is 2. The highest BCUT2D eigenvalue weighted by atomic mass is 16.5. The zero-order valence-corrected chi connectivity index (χ0v) is 13.2. The Morgan fingerprint density at radius 2 is 2.00 bits per heavy atom. The molecule has 22 heavy (non-hydrogen) atoms. The molecule has 0 saturated carbocycles. The van der Waals surface area contributed by atoms with Crippen molar-refractivity contribution in [2.24, 2.45) is 0 Å². The average molecular weight is 302 g/mol. The Bertz CT molecular complexity index is 604. The van der Waals surface area contributed by atoms with Gasteiger partial charge in [-0.25, -0.2) is 4.98 Å². The molecular formula is C16H22N4O2. The zero-order chi connectivity index (χ0) is 15.8. The standard InChI is InChI=1S/C16H22N4O2/c1-4-5-9-17-16-18-10-8-15(20-16)19-13-7-6-12(21-2)11-14(13)22-3/h6-8,10-11H,4-5,9H2,1-3H3,(H2,17,18,19,20). The lowest BCUT2D eigenvalue weighted by molar-refractivity contribution is 0.395. The molecule has 2 aromatic rings. The van der Waals surface area contributed by atoms with Crippen LogP contribution in [-0.4, -0.2) is 30.7 Å². The van der Waals surface area contributed by atoms with Crippen LogP contribution in [0.5, 0.6) is 11.5 Å². The molecule has 0 unspecified atom stereocenters. The van der Waals surface area contributed by atoms with Crippen molar-refractivity contribution in [2.75, 3.05) is 31.4 Å². The molecule has 1 heterocycles. The molecular weight excluding hydrogens is 280 g/mol. The molecule has 0 radical (unpaired) electrons. The average Bonchev–Trinajstić information content (AvgIpc) is 2.56. The van der Waals surface area contributed by atoms with Crippen molar-refractivity contribution in [3.8, 4) is 11.5 Å². The molecule has 1 aromatic carbocycles. The van der Waals surface area contributed by atoms with E-state index in [2.05, 4.69) is 27.5 Å². The number of unbranched alkanes of at least 4 members (excludes halogenated alkanes) is 1. The summed E-state index contributed by atoms with van der Waals surface area (Å²) in [6.07, 6.45) is 3.95. The summed E-state index contributed by atoms with van der Waals surface area (Å²) in [5.74, 6) is 2.76. The Hall–Kier alpha value is -2.50. The summed E-state index contributed by atoms with van der Waals surface area (Å²) in [6, 6.07) is 7.40. The van der Waals surface area contributed by atoms with Crippen LogP contribution in [0.2, 0.25) is 0 Å². The van der Waals surface area contributed by atoms with E-state index in [-0.39, 0.29) is 0 Å². The van der Waals surface area contributed by atoms with Crippen molar-refractivity contribution < 1.29 is 9.47 Å². The first-order valence-electron chi connectivity index (χ1n) is 7.32. The predicted molar refractivity (Wildman–Crippen MR) is 88.3 cm³/mol. The van der Waals surface area contributed by atoms with Gasteiger partial charge in [-0.2, -0.15) is 4.98 Å². The van der Waals surface area contributed by atoms with Crippen molar-refractivity contribution in [1.29, 1.82) is 0 Å². The first-order chi connectivity index (χ1) is 10.8. The van der Waals surface area contributed by atoms with E-state index in [0.29, 0.717) is 17.5 Å². The highest BCUT2D eigenvalue weighted by Gasteiger charge is 2.06. The fraction of sp³-hybridized carbons (Fsp3) is 0.375. The van der Waals surface area contributed by atoms with Gasteiger partial charge in [-0.15, -0.1) is 0 Å². The molecule has 6 nitrogen and oxygen atoms in total. The van der Waals surface area contributed by atoms with Gasteiger partial charge >= 0.3 is 0 Å². The van der Waals surface area contributed by atoms with E-state index in [1.165, 1.54) is 0 Å². The van der Waals surface area contributed by atoms with Gasteiger partial charge in [0.05, 0.1) is 19.9 Å². The molecule has 0 spiro atoms. The van der Waals surface area contributed by atoms with Crippen LogP contribution in [-0.2, 0) is 0 Å². The zero-order valence-electron chi connectivity index (χ0n) is 13.2. The predicted octanol–water partition coefficient (Wildman–Crippen LogP) is 3.45. The highest BCUT2D eigenvalue weighted by molar-refractivity contribution is 5.66. The monoisotopic (exact) mass is 302 g/mol. The van der Waals surface area contributed by atoms with Gasteiger partial charge in [0.2, 0.25) is 5.95 Å². The number of anilines is 3. The summed E-state index contributed by atoms with van der Waals surface area (Å²) < 4.78 is 10.6. The molecule has 0 fully saturated rings. The van der Waals surface area contributed by atoms with Gasteiger partial charge in [0.1, 0.15) is 17.3 Å². The maximum atomic E-state index is 5.37. The van der Waals surface area contributed by atoms with Gasteiger partial charge in [0, 0.05) is 18.8 Å². The molecule has 0 aliphatic rings. The van der Waals surface area contributed by atoms with Crippen LogP contribution in [0, 0.1) is 0 Å². The highest BCUT2D eigenvalue weighted by Crippen LogP contribution is 2.30. The lowest BCUT2D eigenvalue weighted by atomic mass is 10.2. The fourth-order valence-electron chi connectivity index (χ4n) is 1.93. The molecule has 6 heteroatoms. The number of benzene rings is 1. The maximum absolute atomic E-state index is 5.37. The van der Waals surface area contributed by atoms with Crippen molar-refractivity contribution in [3.63, 3.8) is 0 Å². The first-order valence-corrected chi connectivity index (χ1v) is 7.32. The SMILES string of the molecule is CCCCNc1nccc(Nc2ccc(OC)cc2OC)n1. The second kappa shape index (κ2) is 8.07. The summed E-state index contributed by atoms with van der Waals surface area (Å²) in [5.41, 5.74) is 0.821. The third kappa shape index (κ3) is 4.25. The quantitative estimate of drug-likeness (QED) is 0.728. The van der Waals surface area contributed by atoms with Gasteiger partial charge in [0.25, 0.3) is 0 Å². The van der Waals surface area contributed by atoms with Crippen LogP contribution < -0.4 is 20.1 Å².